The zero-order chi connectivity index (χ0) is 78.6. The number of hydroxylamine groups is 2. The number of aryl methyl sites for hydroxylation is 2. The first kappa shape index (κ1) is 82.6. The molecular weight excluding hydrogens is 1490 g/mol. The third-order valence-electron chi connectivity index (χ3n) is 22.2. The van der Waals surface area contributed by atoms with Crippen LogP contribution >= 0.6 is 11.6 Å². The van der Waals surface area contributed by atoms with Gasteiger partial charge in [0.05, 0.1) is 62.9 Å². The van der Waals surface area contributed by atoms with E-state index in [-0.39, 0.29) is 72.7 Å². The molecule has 35 unspecified atom stereocenters. The van der Waals surface area contributed by atoms with Crippen molar-refractivity contribution >= 4 is 23.5 Å². The zero-order valence-electron chi connectivity index (χ0n) is 61.8. The highest BCUT2D eigenvalue weighted by molar-refractivity contribution is 6.34. The molecule has 11 N–H and O–H groups in total. The van der Waals surface area contributed by atoms with E-state index in [1.165, 1.54) is 68.3 Å². The van der Waals surface area contributed by atoms with Gasteiger partial charge in [0.25, 0.3) is 5.97 Å². The van der Waals surface area contributed by atoms with Gasteiger partial charge < -0.3 is 164 Å². The number of phenols is 4. The minimum atomic E-state index is -2.05. The van der Waals surface area contributed by atoms with E-state index in [2.05, 4.69) is 0 Å². The number of aliphatic hydroxyl groups excluding tert-OH is 5. The lowest BCUT2D eigenvalue weighted by Crippen LogP contribution is -2.68. The summed E-state index contributed by atoms with van der Waals surface area (Å²) in [6, 6.07) is 3.46. The Morgan fingerprint density at radius 1 is 0.578 bits per heavy atom. The van der Waals surface area contributed by atoms with E-state index in [0.717, 1.165) is 6.07 Å². The normalized spacial score (nSPS) is 46.4. The van der Waals surface area contributed by atoms with E-state index in [9.17, 15) is 66.0 Å². The maximum absolute atomic E-state index is 14.0. The van der Waals surface area contributed by atoms with Crippen molar-refractivity contribution < 1.29 is 184 Å². The van der Waals surface area contributed by atoms with Gasteiger partial charge in [-0.2, -0.15) is 0 Å². The number of rotatable bonds is 20. The van der Waals surface area contributed by atoms with E-state index < -0.39 is 254 Å². The van der Waals surface area contributed by atoms with E-state index in [1.807, 2.05) is 0 Å². The van der Waals surface area contributed by atoms with Crippen molar-refractivity contribution in [3.8, 4) is 23.0 Å². The zero-order valence-corrected chi connectivity index (χ0v) is 62.6. The number of hydrogen-bond acceptors (Lipinski definition) is 39. The summed E-state index contributed by atoms with van der Waals surface area (Å²) in [6.07, 6.45) is -40.2. The molecule has 0 radical (unpaired) electrons. The molecule has 11 heterocycles. The second-order valence-electron chi connectivity index (χ2n) is 29.6. The van der Waals surface area contributed by atoms with E-state index >= 15 is 0 Å². The van der Waals surface area contributed by atoms with Gasteiger partial charge in [-0.05, 0) is 85.6 Å². The van der Waals surface area contributed by atoms with Crippen LogP contribution in [0.2, 0.25) is 5.02 Å². The molecule has 11 saturated heterocycles. The molecule has 614 valence electrons. The van der Waals surface area contributed by atoms with Gasteiger partial charge in [-0.1, -0.05) is 16.8 Å². The molecule has 2 aromatic carbocycles. The Bertz CT molecular complexity index is 3500. The molecule has 2 aromatic rings. The number of esters is 2. The SMILES string of the molecule is COCC1OC(OC2OCC3OC4(OCC(OC(=O)c5c(C)cc(O)cc5O)C5OCOC54)OC3C2O)C(OC)C(O)C1OC1OC(C)C(OC)C(OC2OC(C)C3OC4(CC(O)C(OC5CC(OC6CC(C)(N(O)O)C(OC)C(C)O6)C(OC(=O)c6c(C)cc(O)c(Cl)c6O)C(C)O5)C(C)O4)OC3(C)C2O)C1O. The maximum atomic E-state index is 14.0. The summed E-state index contributed by atoms with van der Waals surface area (Å²) < 4.78 is 154. The van der Waals surface area contributed by atoms with Crippen molar-refractivity contribution in [2.24, 2.45) is 0 Å². The number of benzene rings is 2. The number of methoxy groups -OCH3 is 4. The van der Waals surface area contributed by atoms with Crippen LogP contribution in [0.1, 0.15) is 99.6 Å². The summed E-state index contributed by atoms with van der Waals surface area (Å²) in [6.45, 7) is 12.9. The summed E-state index contributed by atoms with van der Waals surface area (Å²) in [5.41, 5.74) is -3.37. The molecule has 13 rings (SSSR count). The predicted octanol–water partition coefficient (Wildman–Crippen LogP) is 0.109. The number of hydrogen-bond donors (Lipinski definition) is 11. The highest BCUT2D eigenvalue weighted by Gasteiger charge is 2.70. The fourth-order valence-electron chi connectivity index (χ4n) is 16.8. The number of carbonyl (C=O) groups excluding carboxylic acids is 2. The van der Waals surface area contributed by atoms with Crippen LogP contribution in [0.15, 0.2) is 18.2 Å². The molecule has 39 nitrogen and oxygen atoms in total. The number of carbonyl (C=O) groups is 2. The van der Waals surface area contributed by atoms with Gasteiger partial charge in [0.2, 0.25) is 0 Å². The molecule has 109 heavy (non-hydrogen) atoms. The van der Waals surface area contributed by atoms with Gasteiger partial charge in [-0.25, -0.2) is 9.59 Å². The Balaban J connectivity index is 0.641. The van der Waals surface area contributed by atoms with Crippen LogP contribution in [0.4, 0.5) is 0 Å². The summed E-state index contributed by atoms with van der Waals surface area (Å²) in [4.78, 5) is 27.3. The quantitative estimate of drug-likeness (QED) is 0.0619. The first-order valence-corrected chi connectivity index (χ1v) is 36.2. The number of phenolic OH excluding ortho intramolecular Hbond substituents is 4. The third-order valence-corrected chi connectivity index (χ3v) is 22.6. The van der Waals surface area contributed by atoms with Crippen molar-refractivity contribution in [3.05, 3.63) is 45.5 Å². The van der Waals surface area contributed by atoms with Crippen LogP contribution < -0.4 is 0 Å². The molecule has 11 fully saturated rings. The average molecular weight is 1580 g/mol. The van der Waals surface area contributed by atoms with Gasteiger partial charge in [0, 0.05) is 47.3 Å². The second-order valence-corrected chi connectivity index (χ2v) is 30.0. The minimum absolute atomic E-state index is 0.0244. The van der Waals surface area contributed by atoms with Crippen LogP contribution in [0, 0.1) is 13.8 Å². The topological polar surface area (TPSA) is 491 Å². The van der Waals surface area contributed by atoms with Crippen molar-refractivity contribution in [1.29, 1.82) is 0 Å². The Morgan fingerprint density at radius 2 is 1.27 bits per heavy atom. The lowest BCUT2D eigenvalue weighted by Gasteiger charge is -2.50. The fourth-order valence-corrected chi connectivity index (χ4v) is 17.0. The van der Waals surface area contributed by atoms with E-state index in [0.29, 0.717) is 0 Å². The molecule has 2 spiro atoms. The Labute approximate surface area is 629 Å². The minimum Gasteiger partial charge on any atom is -0.508 e. The van der Waals surface area contributed by atoms with E-state index in [4.69, 9.17) is 130 Å². The van der Waals surface area contributed by atoms with E-state index in [1.54, 1.807) is 34.6 Å². The molecule has 0 bridgehead atoms. The lowest BCUT2D eigenvalue weighted by atomic mass is 9.85. The Kier molecular flexibility index (Phi) is 24.5. The monoisotopic (exact) mass is 1580 g/mol. The summed E-state index contributed by atoms with van der Waals surface area (Å²) >= 11 is 6.14. The van der Waals surface area contributed by atoms with Gasteiger partial charge >= 0.3 is 17.9 Å². The molecule has 0 amide bonds. The predicted molar refractivity (Wildman–Crippen MR) is 351 cm³/mol. The Hall–Kier alpha value is -4.37. The molecule has 11 aliphatic heterocycles. The molecule has 40 heteroatoms. The highest BCUT2D eigenvalue weighted by atomic mass is 35.5. The fraction of sp³-hybridized carbons (Fsp3) is 0.797. The molecule has 0 aromatic heterocycles. The largest absolute Gasteiger partial charge is 0.508 e. The Morgan fingerprint density at radius 3 is 1.95 bits per heavy atom. The number of fused-ring (bicyclic) bond motifs is 4. The smallest absolute Gasteiger partial charge is 0.342 e. The van der Waals surface area contributed by atoms with Gasteiger partial charge in [0.1, 0.15) is 149 Å². The number of halogens is 1. The van der Waals surface area contributed by atoms with Gasteiger partial charge in [-0.3, -0.25) is 10.4 Å². The molecule has 35 atom stereocenters. The molecular formula is C69H98ClNO38. The average Bonchev–Trinajstić information content (AvgIpc) is 1.57. The standard InChI is InChI=1S/C69H98ClNO38/c1-24-14-31(72)16-32(73)41(24)60(81)98-37-22-92-69(59-53(37)90-23-91-59)106-38-21-89-62(46(78)52(38)107-69)104-64-55(87-12)45(77)51(36(99-64)20-85-10)102-63-47(79)54(50(86-11)27(4)95-63)103-65-56(80)67(9)58(30(7)96-65)108-68(109-67)18-34(75)48(28(5)105-68)100-39-17-35(97-40-19-66(8,71(83)84)57(88-13)29(6)94-40)49(26(3)93-39)101-61(82)42-25(2)15-33(74)43(70)44(42)76/h14-16,26-30,34-40,45-59,62-65,72-80,83-84H,17-23H2,1-13H3. The van der Waals surface area contributed by atoms with Crippen molar-refractivity contribution in [1.82, 2.24) is 5.23 Å². The number of ether oxygens (including phenoxy) is 25. The lowest BCUT2D eigenvalue weighted by molar-refractivity contribution is -0.417. The summed E-state index contributed by atoms with van der Waals surface area (Å²) in [5, 5.41) is 123. The maximum Gasteiger partial charge on any atom is 0.342 e. The van der Waals surface area contributed by atoms with Crippen LogP contribution in [-0.4, -0.2) is 342 Å². The van der Waals surface area contributed by atoms with Crippen LogP contribution in [0.5, 0.6) is 23.0 Å². The van der Waals surface area contributed by atoms with Crippen molar-refractivity contribution in [3.63, 3.8) is 0 Å². The first-order valence-electron chi connectivity index (χ1n) is 35.9. The second kappa shape index (κ2) is 32.4. The van der Waals surface area contributed by atoms with Crippen LogP contribution in [-0.2, 0) is 118 Å². The third kappa shape index (κ3) is 15.4. The van der Waals surface area contributed by atoms with Crippen LogP contribution in [0.3, 0.4) is 0 Å². The molecule has 11 aliphatic rings. The van der Waals surface area contributed by atoms with Gasteiger partial charge in [0.15, 0.2) is 61.8 Å². The molecule has 0 aliphatic carbocycles. The highest BCUT2D eigenvalue weighted by Crippen LogP contribution is 2.53. The van der Waals surface area contributed by atoms with Crippen molar-refractivity contribution in [2.45, 2.75) is 295 Å². The van der Waals surface area contributed by atoms with Gasteiger partial charge in [-0.15, -0.1) is 0 Å². The van der Waals surface area contributed by atoms with Crippen LogP contribution in [0.25, 0.3) is 0 Å². The number of aromatic hydroxyl groups is 4. The number of nitrogens with zero attached hydrogens (tertiary/aromatic N) is 1. The summed E-state index contributed by atoms with van der Waals surface area (Å²) in [5.74, 6) is -8.01. The first-order chi connectivity index (χ1) is 51.6. The van der Waals surface area contributed by atoms with Crippen molar-refractivity contribution in [2.75, 3.05) is 55.1 Å². The summed E-state index contributed by atoms with van der Waals surface area (Å²) in [7, 11) is 5.35. The number of aliphatic hydroxyl groups is 5. The molecule has 0 saturated carbocycles.